The summed E-state index contributed by atoms with van der Waals surface area (Å²) < 4.78 is 7.85. The molecule has 2 rings (SSSR count). The van der Waals surface area contributed by atoms with Crippen molar-refractivity contribution in [2.45, 2.75) is 110 Å². The van der Waals surface area contributed by atoms with Gasteiger partial charge in [-0.3, -0.25) is 4.79 Å². The first-order chi connectivity index (χ1) is 17.6. The van der Waals surface area contributed by atoms with Crippen molar-refractivity contribution in [3.8, 4) is 5.75 Å². The third-order valence-corrected chi connectivity index (χ3v) is 7.03. The molecule has 1 N–H and O–H groups in total. The standard InChI is InChI=1S/C31H47ClN2O2/c1-3-4-5-6-7-8-9-10-11-12-13-14-15-16-23-36-29-18-17-28(30(32)25-29)24-31(35)33-26-27-19-21-34(2)22-20-27/h17-22,25H,3-16,23-24,26H2,1-2H3/p+1. The highest BCUT2D eigenvalue weighted by molar-refractivity contribution is 6.31. The number of ether oxygens (including phenoxy) is 1. The lowest BCUT2D eigenvalue weighted by Crippen LogP contribution is -2.28. The predicted octanol–water partition coefficient (Wildman–Crippen LogP) is 7.88. The van der Waals surface area contributed by atoms with E-state index in [1.54, 1.807) is 0 Å². The van der Waals surface area contributed by atoms with E-state index in [0.29, 0.717) is 18.2 Å². The van der Waals surface area contributed by atoms with Crippen molar-refractivity contribution in [2.75, 3.05) is 6.61 Å². The molecular formula is C31H48ClN2O2+. The van der Waals surface area contributed by atoms with Gasteiger partial charge in [-0.25, -0.2) is 4.57 Å². The van der Waals surface area contributed by atoms with Gasteiger partial charge in [0.1, 0.15) is 12.8 Å². The molecule has 0 unspecified atom stereocenters. The Morgan fingerprint density at radius 1 is 0.833 bits per heavy atom. The Labute approximate surface area is 224 Å². The number of pyridine rings is 1. The number of rotatable bonds is 20. The number of unbranched alkanes of at least 4 members (excludes halogenated alkanes) is 13. The van der Waals surface area contributed by atoms with Crippen molar-refractivity contribution >= 4 is 17.5 Å². The minimum Gasteiger partial charge on any atom is -0.494 e. The molecule has 0 saturated heterocycles. The number of amides is 1. The van der Waals surface area contributed by atoms with Crippen LogP contribution in [0.3, 0.4) is 0 Å². The topological polar surface area (TPSA) is 42.2 Å². The van der Waals surface area contributed by atoms with Crippen molar-refractivity contribution in [3.63, 3.8) is 0 Å². The monoisotopic (exact) mass is 515 g/mol. The first-order valence-electron chi connectivity index (χ1n) is 14.2. The van der Waals surface area contributed by atoms with Crippen LogP contribution in [0, 0.1) is 0 Å². The summed E-state index contributed by atoms with van der Waals surface area (Å²) in [7, 11) is 1.97. The number of nitrogens with zero attached hydrogens (tertiary/aromatic N) is 1. The molecule has 4 nitrogen and oxygen atoms in total. The first-order valence-corrected chi connectivity index (χ1v) is 14.6. The fourth-order valence-corrected chi connectivity index (χ4v) is 4.57. The number of carbonyl (C=O) groups is 1. The third kappa shape index (κ3) is 13.9. The van der Waals surface area contributed by atoms with E-state index < -0.39 is 0 Å². The Morgan fingerprint density at radius 2 is 1.39 bits per heavy atom. The molecule has 1 amide bonds. The van der Waals surface area contributed by atoms with Crippen molar-refractivity contribution in [3.05, 3.63) is 58.9 Å². The van der Waals surface area contributed by atoms with Gasteiger partial charge in [0, 0.05) is 23.7 Å². The molecule has 0 bridgehead atoms. The number of benzene rings is 1. The highest BCUT2D eigenvalue weighted by Crippen LogP contribution is 2.23. The zero-order valence-electron chi connectivity index (χ0n) is 22.7. The number of aryl methyl sites for hydroxylation is 1. The minimum atomic E-state index is -0.0406. The fraction of sp³-hybridized carbons (Fsp3) is 0.613. The Morgan fingerprint density at radius 3 is 1.94 bits per heavy atom. The third-order valence-electron chi connectivity index (χ3n) is 6.68. The zero-order chi connectivity index (χ0) is 25.8. The van der Waals surface area contributed by atoms with Gasteiger partial charge in [-0.05, 0) is 29.7 Å². The maximum Gasteiger partial charge on any atom is 0.224 e. The second-order valence-corrected chi connectivity index (χ2v) is 10.4. The fourth-order valence-electron chi connectivity index (χ4n) is 4.33. The molecule has 0 aliphatic carbocycles. The molecule has 1 heterocycles. The number of aromatic nitrogens is 1. The summed E-state index contributed by atoms with van der Waals surface area (Å²) in [5, 5.41) is 3.53. The Bertz CT molecular complexity index is 854. The van der Waals surface area contributed by atoms with Gasteiger partial charge in [0.05, 0.1) is 13.0 Å². The number of nitrogens with one attached hydrogen (secondary N) is 1. The van der Waals surface area contributed by atoms with Gasteiger partial charge < -0.3 is 10.1 Å². The summed E-state index contributed by atoms with van der Waals surface area (Å²) in [6, 6.07) is 9.63. The molecular weight excluding hydrogens is 468 g/mol. The Balaban J connectivity index is 1.48. The number of carbonyl (C=O) groups excluding carboxylic acids is 1. The molecule has 0 spiro atoms. The Kier molecular flexibility index (Phi) is 16.0. The molecule has 5 heteroatoms. The van der Waals surface area contributed by atoms with Crippen molar-refractivity contribution < 1.29 is 14.1 Å². The summed E-state index contributed by atoms with van der Waals surface area (Å²) in [6.07, 6.45) is 23.1. The minimum absolute atomic E-state index is 0.0406. The summed E-state index contributed by atoms with van der Waals surface area (Å²) in [5.41, 5.74) is 1.89. The summed E-state index contributed by atoms with van der Waals surface area (Å²) in [5.74, 6) is 0.734. The zero-order valence-corrected chi connectivity index (χ0v) is 23.5. The molecule has 2 aromatic rings. The second kappa shape index (κ2) is 19.1. The van der Waals surface area contributed by atoms with E-state index in [0.717, 1.165) is 23.3 Å². The van der Waals surface area contributed by atoms with Crippen LogP contribution in [-0.4, -0.2) is 12.5 Å². The van der Waals surface area contributed by atoms with Gasteiger partial charge in [-0.15, -0.1) is 0 Å². The van der Waals surface area contributed by atoms with Gasteiger partial charge in [0.15, 0.2) is 12.4 Å². The van der Waals surface area contributed by atoms with E-state index in [2.05, 4.69) is 12.2 Å². The molecule has 0 aliphatic rings. The summed E-state index contributed by atoms with van der Waals surface area (Å²) in [4.78, 5) is 12.3. The van der Waals surface area contributed by atoms with Gasteiger partial charge in [-0.1, -0.05) is 108 Å². The van der Waals surface area contributed by atoms with Gasteiger partial charge in [0.25, 0.3) is 0 Å². The molecule has 36 heavy (non-hydrogen) atoms. The normalized spacial score (nSPS) is 11.0. The average Bonchev–Trinajstić information content (AvgIpc) is 2.87. The molecule has 0 radical (unpaired) electrons. The van der Waals surface area contributed by atoms with E-state index in [-0.39, 0.29) is 12.3 Å². The van der Waals surface area contributed by atoms with Crippen molar-refractivity contribution in [1.82, 2.24) is 5.32 Å². The van der Waals surface area contributed by atoms with Crippen molar-refractivity contribution in [2.24, 2.45) is 7.05 Å². The van der Waals surface area contributed by atoms with Crippen LogP contribution in [0.25, 0.3) is 0 Å². The van der Waals surface area contributed by atoms with Crippen LogP contribution < -0.4 is 14.6 Å². The largest absolute Gasteiger partial charge is 0.494 e. The number of hydrogen-bond donors (Lipinski definition) is 1. The van der Waals surface area contributed by atoms with Crippen LogP contribution in [0.1, 0.15) is 108 Å². The van der Waals surface area contributed by atoms with Gasteiger partial charge in [0.2, 0.25) is 5.91 Å². The molecule has 1 aromatic heterocycles. The van der Waals surface area contributed by atoms with Gasteiger partial charge >= 0.3 is 0 Å². The van der Waals surface area contributed by atoms with Gasteiger partial charge in [-0.2, -0.15) is 0 Å². The lowest BCUT2D eigenvalue weighted by Gasteiger charge is -2.10. The average molecular weight is 516 g/mol. The summed E-state index contributed by atoms with van der Waals surface area (Å²) in [6.45, 7) is 3.50. The summed E-state index contributed by atoms with van der Waals surface area (Å²) >= 11 is 6.42. The predicted molar refractivity (Wildman–Crippen MR) is 150 cm³/mol. The van der Waals surface area contributed by atoms with E-state index in [4.69, 9.17) is 16.3 Å². The Hall–Kier alpha value is -2.07. The first kappa shape index (κ1) is 30.2. The maximum atomic E-state index is 12.3. The van der Waals surface area contributed by atoms with Crippen molar-refractivity contribution in [1.29, 1.82) is 0 Å². The van der Waals surface area contributed by atoms with E-state index in [9.17, 15) is 4.79 Å². The highest BCUT2D eigenvalue weighted by atomic mass is 35.5. The second-order valence-electron chi connectivity index (χ2n) is 10.0. The molecule has 0 fully saturated rings. The highest BCUT2D eigenvalue weighted by Gasteiger charge is 2.09. The quantitative estimate of drug-likeness (QED) is 0.144. The molecule has 0 saturated carbocycles. The SMILES string of the molecule is CCCCCCCCCCCCCCCCOc1ccc(CC(=O)NCc2cc[n+](C)cc2)c(Cl)c1. The molecule has 0 atom stereocenters. The molecule has 200 valence electrons. The van der Waals surface area contributed by atoms with E-state index in [1.807, 2.05) is 54.3 Å². The van der Waals surface area contributed by atoms with Crippen LogP contribution in [-0.2, 0) is 24.8 Å². The molecule has 0 aliphatic heterocycles. The number of hydrogen-bond acceptors (Lipinski definition) is 2. The van der Waals surface area contributed by atoms with Crippen LogP contribution in [0.4, 0.5) is 0 Å². The van der Waals surface area contributed by atoms with E-state index >= 15 is 0 Å². The smallest absolute Gasteiger partial charge is 0.224 e. The van der Waals surface area contributed by atoms with Crippen LogP contribution in [0.2, 0.25) is 5.02 Å². The van der Waals surface area contributed by atoms with Crippen LogP contribution in [0.15, 0.2) is 42.7 Å². The number of halogens is 1. The maximum absolute atomic E-state index is 12.3. The lowest BCUT2D eigenvalue weighted by atomic mass is 10.0. The lowest BCUT2D eigenvalue weighted by molar-refractivity contribution is -0.671. The molecule has 1 aromatic carbocycles. The van der Waals surface area contributed by atoms with Crippen LogP contribution in [0.5, 0.6) is 5.75 Å². The van der Waals surface area contributed by atoms with Crippen LogP contribution >= 0.6 is 11.6 Å². The van der Waals surface area contributed by atoms with E-state index in [1.165, 1.54) is 83.5 Å².